The summed E-state index contributed by atoms with van der Waals surface area (Å²) in [7, 11) is 0. The molecule has 8 heteroatoms. The van der Waals surface area contributed by atoms with Gasteiger partial charge in [0, 0.05) is 0 Å². The molecule has 0 aromatic heterocycles. The highest BCUT2D eigenvalue weighted by atomic mass is 16.6. The normalized spacial score (nSPS) is 22.7. The zero-order valence-electron chi connectivity index (χ0n) is 17.8. The molecule has 0 spiro atoms. The zero-order chi connectivity index (χ0) is 21.0. The van der Waals surface area contributed by atoms with E-state index in [1.807, 2.05) is 30.3 Å². The van der Waals surface area contributed by atoms with Crippen molar-refractivity contribution < 1.29 is 37.9 Å². The van der Waals surface area contributed by atoms with Crippen LogP contribution in [0.15, 0.2) is 30.3 Å². The first kappa shape index (κ1) is 25.2. The summed E-state index contributed by atoms with van der Waals surface area (Å²) in [6, 6.07) is 10.1. The first-order chi connectivity index (χ1) is 14.9. The van der Waals surface area contributed by atoms with E-state index in [-0.39, 0.29) is 6.10 Å². The van der Waals surface area contributed by atoms with E-state index in [9.17, 15) is 0 Å². The summed E-state index contributed by atoms with van der Waals surface area (Å²) in [5.41, 5.74) is 1.13. The minimum Gasteiger partial charge on any atom is -0.377 e. The second-order valence-corrected chi connectivity index (χ2v) is 6.63. The summed E-state index contributed by atoms with van der Waals surface area (Å²) in [6.45, 7) is 7.72. The lowest BCUT2D eigenvalue weighted by Crippen LogP contribution is -2.28. The van der Waals surface area contributed by atoms with Gasteiger partial charge in [-0.05, 0) is 5.56 Å². The maximum Gasteiger partial charge on any atom is 0.104 e. The summed E-state index contributed by atoms with van der Waals surface area (Å²) in [5.74, 6) is 0. The molecule has 172 valence electrons. The molecule has 0 radical (unpaired) electrons. The number of hydrogen-bond acceptors (Lipinski definition) is 8. The Hall–Kier alpha value is -1.10. The highest BCUT2D eigenvalue weighted by Gasteiger charge is 2.10. The van der Waals surface area contributed by atoms with E-state index in [4.69, 9.17) is 37.9 Å². The highest BCUT2D eigenvalue weighted by Crippen LogP contribution is 2.03. The fraction of sp³-hybridized carbons (Fsp3) is 0.727. The van der Waals surface area contributed by atoms with Crippen LogP contribution in [0.5, 0.6) is 0 Å². The van der Waals surface area contributed by atoms with E-state index in [0.717, 1.165) is 5.56 Å². The molecule has 1 saturated heterocycles. The van der Waals surface area contributed by atoms with Gasteiger partial charge in [-0.2, -0.15) is 0 Å². The Kier molecular flexibility index (Phi) is 15.6. The Bertz CT molecular complexity index is 465. The summed E-state index contributed by atoms with van der Waals surface area (Å²) in [5, 5.41) is 0. The number of ether oxygens (including phenoxy) is 8. The average Bonchev–Trinajstić information content (AvgIpc) is 2.77. The van der Waals surface area contributed by atoms with Gasteiger partial charge in [0.25, 0.3) is 0 Å². The van der Waals surface area contributed by atoms with Gasteiger partial charge < -0.3 is 37.9 Å². The van der Waals surface area contributed by atoms with E-state index >= 15 is 0 Å². The molecule has 1 fully saturated rings. The maximum atomic E-state index is 5.88. The predicted octanol–water partition coefficient (Wildman–Crippen LogP) is 1.70. The predicted molar refractivity (Wildman–Crippen MR) is 111 cm³/mol. The molecule has 0 saturated carbocycles. The highest BCUT2D eigenvalue weighted by molar-refractivity contribution is 5.13. The van der Waals surface area contributed by atoms with Crippen molar-refractivity contribution in [3.8, 4) is 0 Å². The largest absolute Gasteiger partial charge is 0.377 e. The Balaban J connectivity index is 1.66. The van der Waals surface area contributed by atoms with Crippen LogP contribution >= 0.6 is 0 Å². The zero-order valence-corrected chi connectivity index (χ0v) is 17.8. The van der Waals surface area contributed by atoms with Gasteiger partial charge in [0.15, 0.2) is 0 Å². The third-order valence-corrected chi connectivity index (χ3v) is 4.16. The quantitative estimate of drug-likeness (QED) is 0.718. The molecule has 1 atom stereocenters. The van der Waals surface area contributed by atoms with Crippen LogP contribution in [-0.2, 0) is 44.5 Å². The van der Waals surface area contributed by atoms with Crippen LogP contribution in [0.25, 0.3) is 0 Å². The third-order valence-electron chi connectivity index (χ3n) is 4.16. The molecule has 0 N–H and O–H groups in total. The lowest BCUT2D eigenvalue weighted by Gasteiger charge is -2.18. The molecular formula is C22H36O8. The van der Waals surface area contributed by atoms with Crippen molar-refractivity contribution in [3.05, 3.63) is 35.9 Å². The Labute approximate surface area is 179 Å². The van der Waals surface area contributed by atoms with E-state index in [1.54, 1.807) is 0 Å². The SMILES string of the molecule is c1ccc(COCC2COCCOCCOCCOCCOCCOCCO2)cc1. The Morgan fingerprint density at radius 2 is 1.07 bits per heavy atom. The van der Waals surface area contributed by atoms with Gasteiger partial charge in [-0.1, -0.05) is 30.3 Å². The van der Waals surface area contributed by atoms with Crippen LogP contribution in [0.4, 0.5) is 0 Å². The van der Waals surface area contributed by atoms with Crippen molar-refractivity contribution in [1.29, 1.82) is 0 Å². The van der Waals surface area contributed by atoms with Gasteiger partial charge in [0.1, 0.15) is 6.10 Å². The first-order valence-electron chi connectivity index (χ1n) is 10.6. The fourth-order valence-electron chi connectivity index (χ4n) is 2.61. The number of benzene rings is 1. The van der Waals surface area contributed by atoms with Gasteiger partial charge in [0.05, 0.1) is 99.1 Å². The van der Waals surface area contributed by atoms with Crippen molar-refractivity contribution in [2.24, 2.45) is 0 Å². The molecule has 1 aromatic carbocycles. The molecular weight excluding hydrogens is 392 g/mol. The van der Waals surface area contributed by atoms with Gasteiger partial charge in [-0.25, -0.2) is 0 Å². The third kappa shape index (κ3) is 14.0. The maximum absolute atomic E-state index is 5.88. The number of hydrogen-bond donors (Lipinski definition) is 0. The molecule has 1 aliphatic rings. The topological polar surface area (TPSA) is 73.8 Å². The van der Waals surface area contributed by atoms with Gasteiger partial charge in [-0.3, -0.25) is 0 Å². The van der Waals surface area contributed by atoms with Gasteiger partial charge >= 0.3 is 0 Å². The van der Waals surface area contributed by atoms with Crippen molar-refractivity contribution >= 4 is 0 Å². The Morgan fingerprint density at radius 1 is 0.600 bits per heavy atom. The molecule has 1 aliphatic heterocycles. The van der Waals surface area contributed by atoms with E-state index in [1.165, 1.54) is 0 Å². The van der Waals surface area contributed by atoms with Crippen LogP contribution < -0.4 is 0 Å². The number of rotatable bonds is 4. The van der Waals surface area contributed by atoms with Gasteiger partial charge in [-0.15, -0.1) is 0 Å². The Morgan fingerprint density at radius 3 is 1.60 bits per heavy atom. The molecule has 8 nitrogen and oxygen atoms in total. The summed E-state index contributed by atoms with van der Waals surface area (Å²) < 4.78 is 44.7. The lowest BCUT2D eigenvalue weighted by molar-refractivity contribution is -0.0838. The van der Waals surface area contributed by atoms with Gasteiger partial charge in [0.2, 0.25) is 0 Å². The minimum absolute atomic E-state index is 0.164. The molecule has 1 heterocycles. The van der Waals surface area contributed by atoms with E-state index in [2.05, 4.69) is 0 Å². The van der Waals surface area contributed by atoms with Crippen molar-refractivity contribution in [3.63, 3.8) is 0 Å². The molecule has 1 aromatic rings. The second kappa shape index (κ2) is 18.7. The van der Waals surface area contributed by atoms with Crippen molar-refractivity contribution in [2.75, 3.05) is 92.5 Å². The summed E-state index contributed by atoms with van der Waals surface area (Å²) >= 11 is 0. The van der Waals surface area contributed by atoms with Crippen molar-refractivity contribution in [2.45, 2.75) is 12.7 Å². The molecule has 0 bridgehead atoms. The minimum atomic E-state index is -0.164. The first-order valence-corrected chi connectivity index (χ1v) is 10.6. The lowest BCUT2D eigenvalue weighted by atomic mass is 10.2. The second-order valence-electron chi connectivity index (χ2n) is 6.63. The summed E-state index contributed by atoms with van der Waals surface area (Å²) in [4.78, 5) is 0. The van der Waals surface area contributed by atoms with E-state index < -0.39 is 0 Å². The van der Waals surface area contributed by atoms with Crippen LogP contribution in [0, 0.1) is 0 Å². The van der Waals surface area contributed by atoms with Crippen LogP contribution in [0.3, 0.4) is 0 Å². The van der Waals surface area contributed by atoms with Crippen LogP contribution in [-0.4, -0.2) is 98.6 Å². The summed E-state index contributed by atoms with van der Waals surface area (Å²) in [6.07, 6.45) is -0.164. The molecule has 0 aliphatic carbocycles. The average molecular weight is 429 g/mol. The molecule has 0 amide bonds. The monoisotopic (exact) mass is 428 g/mol. The van der Waals surface area contributed by atoms with Crippen molar-refractivity contribution in [1.82, 2.24) is 0 Å². The molecule has 1 unspecified atom stereocenters. The molecule has 30 heavy (non-hydrogen) atoms. The smallest absolute Gasteiger partial charge is 0.104 e. The standard InChI is InChI=1S/C22H36O8/c1-2-4-21(5-3-1)18-29-20-22-19-28-15-14-26-11-10-24-7-6-23-8-9-25-12-13-27-16-17-30-22/h1-5,22H,6-20H2. The van der Waals surface area contributed by atoms with E-state index in [0.29, 0.717) is 99.1 Å². The fourth-order valence-corrected chi connectivity index (χ4v) is 2.61. The molecule has 2 rings (SSSR count). The van der Waals surface area contributed by atoms with Crippen LogP contribution in [0.1, 0.15) is 5.56 Å². The van der Waals surface area contributed by atoms with Crippen LogP contribution in [0.2, 0.25) is 0 Å².